The largest absolute Gasteiger partial charge is 0.481 e. The van der Waals surface area contributed by atoms with Gasteiger partial charge in [0.05, 0.1) is 25.1 Å². The molecule has 2 N–H and O–H groups in total. The number of aromatic nitrogens is 2. The van der Waals surface area contributed by atoms with E-state index in [1.165, 1.54) is 17.9 Å². The van der Waals surface area contributed by atoms with Gasteiger partial charge < -0.3 is 9.84 Å². The number of hydrogen-bond acceptors (Lipinski definition) is 6. The van der Waals surface area contributed by atoms with Crippen LogP contribution >= 0.6 is 11.6 Å². The van der Waals surface area contributed by atoms with Gasteiger partial charge in [0, 0.05) is 11.6 Å². The number of sulfonamides is 1. The lowest BCUT2D eigenvalue weighted by Gasteiger charge is -2.17. The van der Waals surface area contributed by atoms with Crippen molar-refractivity contribution < 1.29 is 35.8 Å². The van der Waals surface area contributed by atoms with E-state index in [2.05, 4.69) is 9.97 Å². The fourth-order valence-electron chi connectivity index (χ4n) is 2.00. The number of hydrogen-bond donors (Lipinski definition) is 2. The minimum Gasteiger partial charge on any atom is -0.481 e. The molecule has 2 aromatic rings. The van der Waals surface area contributed by atoms with Crippen LogP contribution in [0.1, 0.15) is 22.5 Å². The predicted molar refractivity (Wildman–Crippen MR) is 87.1 cm³/mol. The maximum absolute atomic E-state index is 14.1. The van der Waals surface area contributed by atoms with Crippen LogP contribution in [0.3, 0.4) is 0 Å². The quantitative estimate of drug-likeness (QED) is 0.518. The van der Waals surface area contributed by atoms with Crippen molar-refractivity contribution in [3.63, 3.8) is 0 Å². The molecule has 0 saturated heterocycles. The lowest BCUT2D eigenvalue weighted by atomic mass is 10.1. The summed E-state index contributed by atoms with van der Waals surface area (Å²) in [5.74, 6) is -7.39. The van der Waals surface area contributed by atoms with Crippen molar-refractivity contribution in [2.45, 2.75) is 17.7 Å². The smallest absolute Gasteiger partial charge is 0.355 e. The highest BCUT2D eigenvalue weighted by atomic mass is 35.5. The molecule has 1 aromatic heterocycles. The Bertz CT molecular complexity index is 924. The summed E-state index contributed by atoms with van der Waals surface area (Å²) in [4.78, 5) is 7.77. The molecule has 0 bridgehead atoms. The molecule has 13 heteroatoms. The Hall–Kier alpha value is -2.18. The second kappa shape index (κ2) is 8.23. The molecule has 2 rings (SSSR count). The Morgan fingerprint density at radius 2 is 1.96 bits per heavy atom. The van der Waals surface area contributed by atoms with E-state index in [9.17, 15) is 31.1 Å². The third kappa shape index (κ3) is 4.57. The SMILES string of the molecule is COc1cc(CO)nc(C(Cl)c2ccc(F)c(F)c2NS(=O)(=O)C(F)F)n1. The summed E-state index contributed by atoms with van der Waals surface area (Å²) in [5.41, 5.74) is -1.45. The molecule has 1 unspecified atom stereocenters. The van der Waals surface area contributed by atoms with Gasteiger partial charge in [0.25, 0.3) is 10.0 Å². The molecule has 0 radical (unpaired) electrons. The lowest BCUT2D eigenvalue weighted by molar-refractivity contribution is 0.236. The zero-order chi connectivity index (χ0) is 20.4. The van der Waals surface area contributed by atoms with Gasteiger partial charge in [-0.3, -0.25) is 4.72 Å². The summed E-state index contributed by atoms with van der Waals surface area (Å²) in [6, 6.07) is 2.80. The molecule has 1 atom stereocenters. The van der Waals surface area contributed by atoms with Gasteiger partial charge in [-0.1, -0.05) is 6.07 Å². The molecular formula is C14H12ClF4N3O4S. The maximum Gasteiger partial charge on any atom is 0.355 e. The molecule has 7 nitrogen and oxygen atoms in total. The Morgan fingerprint density at radius 1 is 1.30 bits per heavy atom. The second-order valence-corrected chi connectivity index (χ2v) is 7.10. The standard InChI is InChI=1S/C14H12ClF4N3O4S/c1-26-9-4-6(5-23)20-13(21-9)10(15)7-2-3-8(16)11(17)12(7)22-27(24,25)14(18)19/h2-4,10,14,22-23H,5H2,1H3. The van der Waals surface area contributed by atoms with Crippen LogP contribution in [0, 0.1) is 11.6 Å². The van der Waals surface area contributed by atoms with Gasteiger partial charge in [-0.05, 0) is 6.07 Å². The Labute approximate surface area is 156 Å². The first kappa shape index (κ1) is 21.1. The lowest BCUT2D eigenvalue weighted by Crippen LogP contribution is -2.23. The van der Waals surface area contributed by atoms with E-state index in [0.29, 0.717) is 6.07 Å². The Kier molecular flexibility index (Phi) is 6.44. The Balaban J connectivity index is 2.60. The first-order chi connectivity index (χ1) is 12.6. The average Bonchev–Trinajstić information content (AvgIpc) is 2.64. The number of ether oxygens (including phenoxy) is 1. The Morgan fingerprint density at radius 3 is 2.52 bits per heavy atom. The van der Waals surface area contributed by atoms with Crippen LogP contribution in [0.15, 0.2) is 18.2 Å². The molecule has 27 heavy (non-hydrogen) atoms. The van der Waals surface area contributed by atoms with E-state index < -0.39 is 50.7 Å². The predicted octanol–water partition coefficient (Wildman–Crippen LogP) is 2.55. The van der Waals surface area contributed by atoms with Gasteiger partial charge in [0.1, 0.15) is 5.38 Å². The van der Waals surface area contributed by atoms with Crippen LogP contribution in [0.2, 0.25) is 0 Å². The minimum atomic E-state index is -5.31. The molecule has 0 aliphatic heterocycles. The monoisotopic (exact) mass is 429 g/mol. The van der Waals surface area contributed by atoms with Gasteiger partial charge in [0.15, 0.2) is 17.5 Å². The van der Waals surface area contributed by atoms with Crippen LogP contribution in [-0.2, 0) is 16.6 Å². The number of aliphatic hydroxyl groups is 1. The summed E-state index contributed by atoms with van der Waals surface area (Å²) in [6.45, 7) is -0.530. The van der Waals surface area contributed by atoms with E-state index in [-0.39, 0.29) is 17.4 Å². The van der Waals surface area contributed by atoms with Crippen molar-refractivity contribution in [3.05, 3.63) is 46.9 Å². The normalized spacial score (nSPS) is 12.9. The molecule has 0 fully saturated rings. The maximum atomic E-state index is 14.1. The van der Waals surface area contributed by atoms with Crippen LogP contribution in [0.5, 0.6) is 5.88 Å². The number of rotatable bonds is 7. The number of methoxy groups -OCH3 is 1. The molecule has 1 aromatic carbocycles. The van der Waals surface area contributed by atoms with Crippen LogP contribution in [-0.4, -0.2) is 36.4 Å². The first-order valence-corrected chi connectivity index (χ1v) is 9.03. The fraction of sp³-hybridized carbons (Fsp3) is 0.286. The number of benzene rings is 1. The number of aliphatic hydroxyl groups excluding tert-OH is 1. The van der Waals surface area contributed by atoms with Gasteiger partial charge in [0.2, 0.25) is 5.88 Å². The highest BCUT2D eigenvalue weighted by Crippen LogP contribution is 2.36. The van der Waals surface area contributed by atoms with Gasteiger partial charge in [-0.2, -0.15) is 13.8 Å². The third-order valence-corrected chi connectivity index (χ3v) is 4.64. The van der Waals surface area contributed by atoms with Crippen molar-refractivity contribution >= 4 is 27.3 Å². The van der Waals surface area contributed by atoms with E-state index in [4.69, 9.17) is 16.3 Å². The van der Waals surface area contributed by atoms with Gasteiger partial charge in [-0.15, -0.1) is 11.6 Å². The summed E-state index contributed by atoms with van der Waals surface area (Å²) < 4.78 is 81.8. The van der Waals surface area contributed by atoms with Crippen LogP contribution in [0.4, 0.5) is 23.2 Å². The zero-order valence-corrected chi connectivity index (χ0v) is 15.0. The van der Waals surface area contributed by atoms with Gasteiger partial charge in [-0.25, -0.2) is 22.2 Å². The number of anilines is 1. The molecule has 148 valence electrons. The van der Waals surface area contributed by atoms with Crippen molar-refractivity contribution in [2.75, 3.05) is 11.8 Å². The highest BCUT2D eigenvalue weighted by molar-refractivity contribution is 7.93. The molecule has 0 spiro atoms. The number of nitrogens with one attached hydrogen (secondary N) is 1. The first-order valence-electron chi connectivity index (χ1n) is 7.05. The summed E-state index contributed by atoms with van der Waals surface area (Å²) >= 11 is 6.15. The second-order valence-electron chi connectivity index (χ2n) is 5.01. The summed E-state index contributed by atoms with van der Waals surface area (Å²) in [5, 5.41) is 7.72. The molecule has 1 heterocycles. The minimum absolute atomic E-state index is 0.0213. The topological polar surface area (TPSA) is 101 Å². The van der Waals surface area contributed by atoms with Crippen molar-refractivity contribution in [3.8, 4) is 5.88 Å². The van der Waals surface area contributed by atoms with Crippen molar-refractivity contribution in [1.29, 1.82) is 0 Å². The van der Waals surface area contributed by atoms with Crippen LogP contribution < -0.4 is 9.46 Å². The molecule has 0 aliphatic rings. The van der Waals surface area contributed by atoms with E-state index in [1.807, 2.05) is 0 Å². The average molecular weight is 430 g/mol. The third-order valence-electron chi connectivity index (χ3n) is 3.25. The molecular weight excluding hydrogens is 418 g/mol. The molecule has 0 aliphatic carbocycles. The number of halogens is 5. The van der Waals surface area contributed by atoms with E-state index in [0.717, 1.165) is 6.07 Å². The van der Waals surface area contributed by atoms with Crippen molar-refractivity contribution in [1.82, 2.24) is 9.97 Å². The van der Waals surface area contributed by atoms with Crippen LogP contribution in [0.25, 0.3) is 0 Å². The fourth-order valence-corrected chi connectivity index (χ4v) is 2.86. The zero-order valence-electron chi connectivity index (χ0n) is 13.5. The molecule has 0 saturated carbocycles. The number of alkyl halides is 3. The van der Waals surface area contributed by atoms with Crippen molar-refractivity contribution in [2.24, 2.45) is 0 Å². The van der Waals surface area contributed by atoms with E-state index in [1.54, 1.807) is 0 Å². The summed E-state index contributed by atoms with van der Waals surface area (Å²) in [7, 11) is -4.05. The van der Waals surface area contributed by atoms with E-state index >= 15 is 0 Å². The summed E-state index contributed by atoms with van der Waals surface area (Å²) in [6.07, 6.45) is 0. The van der Waals surface area contributed by atoms with Gasteiger partial charge >= 0.3 is 5.76 Å². The number of nitrogens with zero attached hydrogens (tertiary/aromatic N) is 2. The highest BCUT2D eigenvalue weighted by Gasteiger charge is 2.30. The molecule has 0 amide bonds.